The van der Waals surface area contributed by atoms with E-state index < -0.39 is 16.1 Å². The summed E-state index contributed by atoms with van der Waals surface area (Å²) in [5.41, 5.74) is 3.20. The van der Waals surface area contributed by atoms with Crippen LogP contribution in [0.15, 0.2) is 36.4 Å². The van der Waals surface area contributed by atoms with Crippen molar-refractivity contribution in [2.75, 3.05) is 17.1 Å². The van der Waals surface area contributed by atoms with Crippen molar-refractivity contribution in [1.82, 2.24) is 10.2 Å². The Morgan fingerprint density at radius 1 is 1.05 bits per heavy atom. The van der Waals surface area contributed by atoms with Gasteiger partial charge in [0.25, 0.3) is 0 Å². The van der Waals surface area contributed by atoms with Crippen LogP contribution in [0.5, 0.6) is 0 Å². The Kier molecular flexibility index (Phi) is 11.1. The molecule has 1 N–H and O–H groups in total. The SMILES string of the molecule is CC[C@@H](C(=O)NC1CCCC1)N(Cc1c(Cl)cccc1Cl)C(=O)CCCN(c1ccc(C)c(C)c1)S(C)(=O)=O. The highest BCUT2D eigenvalue weighted by atomic mass is 35.5. The molecule has 3 rings (SSSR count). The maximum Gasteiger partial charge on any atom is 0.243 e. The minimum absolute atomic E-state index is 0.0617. The lowest BCUT2D eigenvalue weighted by atomic mass is 10.1. The summed E-state index contributed by atoms with van der Waals surface area (Å²) in [6.07, 6.45) is 5.96. The maximum absolute atomic E-state index is 13.7. The van der Waals surface area contributed by atoms with Crippen LogP contribution in [0.4, 0.5) is 5.69 Å². The van der Waals surface area contributed by atoms with Gasteiger partial charge in [-0.1, -0.05) is 55.1 Å². The molecule has 1 saturated carbocycles. The van der Waals surface area contributed by atoms with E-state index in [0.717, 1.165) is 43.1 Å². The number of amides is 2. The zero-order valence-electron chi connectivity index (χ0n) is 23.2. The highest BCUT2D eigenvalue weighted by Crippen LogP contribution is 2.28. The summed E-state index contributed by atoms with van der Waals surface area (Å²) in [5, 5.41) is 3.96. The van der Waals surface area contributed by atoms with Crippen molar-refractivity contribution < 1.29 is 18.0 Å². The number of carbonyl (C=O) groups is 2. The number of sulfonamides is 1. The molecule has 214 valence electrons. The Bertz CT molecular complexity index is 1260. The van der Waals surface area contributed by atoms with Crippen LogP contribution < -0.4 is 9.62 Å². The molecule has 1 atom stereocenters. The van der Waals surface area contributed by atoms with Crippen LogP contribution in [0.1, 0.15) is 68.6 Å². The number of rotatable bonds is 12. The van der Waals surface area contributed by atoms with Gasteiger partial charge in [-0.3, -0.25) is 13.9 Å². The van der Waals surface area contributed by atoms with Crippen molar-refractivity contribution in [3.8, 4) is 0 Å². The molecular formula is C29H39Cl2N3O4S. The molecule has 1 aliphatic carbocycles. The molecule has 39 heavy (non-hydrogen) atoms. The first-order valence-corrected chi connectivity index (χ1v) is 16.1. The first-order valence-electron chi connectivity index (χ1n) is 13.5. The van der Waals surface area contributed by atoms with Gasteiger partial charge in [0.2, 0.25) is 21.8 Å². The molecule has 1 fully saturated rings. The molecule has 2 amide bonds. The predicted octanol–water partition coefficient (Wildman–Crippen LogP) is 6.02. The van der Waals surface area contributed by atoms with E-state index in [4.69, 9.17) is 23.2 Å². The first kappa shape index (κ1) is 31.2. The van der Waals surface area contributed by atoms with Gasteiger partial charge in [0.05, 0.1) is 11.9 Å². The van der Waals surface area contributed by atoms with Crippen LogP contribution in [0.2, 0.25) is 10.0 Å². The van der Waals surface area contributed by atoms with E-state index >= 15 is 0 Å². The van der Waals surface area contributed by atoms with Crippen LogP contribution in [0.25, 0.3) is 0 Å². The summed E-state index contributed by atoms with van der Waals surface area (Å²) >= 11 is 12.9. The predicted molar refractivity (Wildman–Crippen MR) is 159 cm³/mol. The van der Waals surface area contributed by atoms with Crippen molar-refractivity contribution in [1.29, 1.82) is 0 Å². The summed E-state index contributed by atoms with van der Waals surface area (Å²) in [5.74, 6) is -0.443. The van der Waals surface area contributed by atoms with E-state index in [9.17, 15) is 18.0 Å². The maximum atomic E-state index is 13.7. The number of anilines is 1. The van der Waals surface area contributed by atoms with E-state index in [-0.39, 0.29) is 43.8 Å². The number of nitrogens with zero attached hydrogens (tertiary/aromatic N) is 2. The highest BCUT2D eigenvalue weighted by Gasteiger charge is 2.31. The molecule has 0 saturated heterocycles. The molecule has 0 aliphatic heterocycles. The molecule has 0 aromatic heterocycles. The fraction of sp³-hybridized carbons (Fsp3) is 0.517. The second-order valence-electron chi connectivity index (χ2n) is 10.3. The number of aryl methyl sites for hydroxylation is 2. The molecule has 10 heteroatoms. The Morgan fingerprint density at radius 3 is 2.26 bits per heavy atom. The monoisotopic (exact) mass is 595 g/mol. The van der Waals surface area contributed by atoms with Crippen molar-refractivity contribution >= 4 is 50.7 Å². The van der Waals surface area contributed by atoms with Crippen molar-refractivity contribution in [2.24, 2.45) is 0 Å². The standard InChI is InChI=1S/C29H39Cl2N3O4S/c1-5-27(29(36)32-22-10-6-7-11-22)33(19-24-25(30)12-8-13-26(24)31)28(35)14-9-17-34(39(4,37)38)23-16-15-20(2)21(3)18-23/h8,12-13,15-16,18,22,27H,5-7,9-11,14,17,19H2,1-4H3,(H,32,36)/t27-/m0/s1. The molecule has 0 spiro atoms. The molecule has 7 nitrogen and oxygen atoms in total. The number of nitrogens with one attached hydrogen (secondary N) is 1. The van der Waals surface area contributed by atoms with Gasteiger partial charge in [0.1, 0.15) is 6.04 Å². The fourth-order valence-electron chi connectivity index (χ4n) is 5.03. The van der Waals surface area contributed by atoms with Crippen LogP contribution in [-0.2, 0) is 26.2 Å². The lowest BCUT2D eigenvalue weighted by Gasteiger charge is -2.32. The third-order valence-electron chi connectivity index (χ3n) is 7.41. The Balaban J connectivity index is 1.81. The van der Waals surface area contributed by atoms with E-state index in [1.165, 1.54) is 9.21 Å². The smallest absolute Gasteiger partial charge is 0.243 e. The fourth-order valence-corrected chi connectivity index (χ4v) is 6.50. The highest BCUT2D eigenvalue weighted by molar-refractivity contribution is 7.92. The van der Waals surface area contributed by atoms with Gasteiger partial charge >= 0.3 is 0 Å². The largest absolute Gasteiger partial charge is 0.352 e. The van der Waals surface area contributed by atoms with E-state index in [1.807, 2.05) is 32.9 Å². The summed E-state index contributed by atoms with van der Waals surface area (Å²) in [6, 6.07) is 10.1. The third kappa shape index (κ3) is 8.35. The van der Waals surface area contributed by atoms with Crippen molar-refractivity contribution in [2.45, 2.75) is 84.3 Å². The van der Waals surface area contributed by atoms with Crippen molar-refractivity contribution in [3.05, 3.63) is 63.1 Å². The van der Waals surface area contributed by atoms with Gasteiger partial charge in [-0.15, -0.1) is 0 Å². The summed E-state index contributed by atoms with van der Waals surface area (Å²) < 4.78 is 26.5. The van der Waals surface area contributed by atoms with Crippen LogP contribution in [-0.4, -0.2) is 50.0 Å². The minimum Gasteiger partial charge on any atom is -0.352 e. The van der Waals surface area contributed by atoms with Crippen LogP contribution in [0.3, 0.4) is 0 Å². The second kappa shape index (κ2) is 13.9. The summed E-state index contributed by atoms with van der Waals surface area (Å²) in [6.45, 7) is 6.00. The zero-order chi connectivity index (χ0) is 28.7. The van der Waals surface area contributed by atoms with E-state index in [0.29, 0.717) is 27.7 Å². The Labute approximate surface area is 242 Å². The zero-order valence-corrected chi connectivity index (χ0v) is 25.5. The normalized spacial score (nSPS) is 14.7. The van der Waals surface area contributed by atoms with Gasteiger partial charge < -0.3 is 10.2 Å². The molecule has 2 aromatic carbocycles. The topological polar surface area (TPSA) is 86.8 Å². The van der Waals surface area contributed by atoms with E-state index in [2.05, 4.69) is 5.32 Å². The third-order valence-corrected chi connectivity index (χ3v) is 9.31. The second-order valence-corrected chi connectivity index (χ2v) is 13.1. The lowest BCUT2D eigenvalue weighted by Crippen LogP contribution is -2.51. The first-order chi connectivity index (χ1) is 18.4. The summed E-state index contributed by atoms with van der Waals surface area (Å²) in [4.78, 5) is 28.5. The molecule has 2 aromatic rings. The van der Waals surface area contributed by atoms with E-state index in [1.54, 1.807) is 24.3 Å². The number of benzene rings is 2. The van der Waals surface area contributed by atoms with Crippen LogP contribution in [0, 0.1) is 13.8 Å². The van der Waals surface area contributed by atoms with Crippen LogP contribution >= 0.6 is 23.2 Å². The van der Waals surface area contributed by atoms with Crippen molar-refractivity contribution in [3.63, 3.8) is 0 Å². The Hall–Kier alpha value is -2.29. The quantitative estimate of drug-likeness (QED) is 0.325. The minimum atomic E-state index is -3.56. The number of carbonyl (C=O) groups excluding carboxylic acids is 2. The molecule has 0 radical (unpaired) electrons. The van der Waals surface area contributed by atoms with Gasteiger partial charge in [-0.25, -0.2) is 8.42 Å². The molecule has 1 aliphatic rings. The number of halogens is 2. The molecular weight excluding hydrogens is 557 g/mol. The molecule has 0 bridgehead atoms. The van der Waals surface area contributed by atoms with Gasteiger partial charge in [-0.05, 0) is 74.9 Å². The average Bonchev–Trinajstić information content (AvgIpc) is 3.37. The Morgan fingerprint density at radius 2 is 1.69 bits per heavy atom. The van der Waals surface area contributed by atoms with Gasteiger partial charge in [0, 0.05) is 41.2 Å². The molecule has 0 heterocycles. The van der Waals surface area contributed by atoms with Gasteiger partial charge in [0.15, 0.2) is 0 Å². The number of hydrogen-bond donors (Lipinski definition) is 1. The molecule has 0 unspecified atom stereocenters. The lowest BCUT2D eigenvalue weighted by molar-refractivity contribution is -0.141. The summed E-state index contributed by atoms with van der Waals surface area (Å²) in [7, 11) is -3.56. The number of hydrogen-bond acceptors (Lipinski definition) is 4. The average molecular weight is 597 g/mol. The van der Waals surface area contributed by atoms with Gasteiger partial charge in [-0.2, -0.15) is 0 Å².